The van der Waals surface area contributed by atoms with Crippen molar-refractivity contribution in [3.63, 3.8) is 0 Å². The van der Waals surface area contributed by atoms with Gasteiger partial charge < -0.3 is 26.6 Å². The summed E-state index contributed by atoms with van der Waals surface area (Å²) in [4.78, 5) is 46.8. The van der Waals surface area contributed by atoms with Crippen molar-refractivity contribution in [3.05, 3.63) is 108 Å². The van der Waals surface area contributed by atoms with Gasteiger partial charge in [0.2, 0.25) is 11.9 Å². The molecule has 0 aliphatic heterocycles. The predicted octanol–water partition coefficient (Wildman–Crippen LogP) is 25.3. The van der Waals surface area contributed by atoms with Crippen LogP contribution in [0, 0.1) is 41.5 Å². The van der Waals surface area contributed by atoms with E-state index in [0.717, 1.165) is 150 Å². The number of aromatic nitrogens is 13. The number of pyridine rings is 1. The summed E-state index contributed by atoms with van der Waals surface area (Å²) in [5, 5.41) is 21.3. The molecule has 5 N–H and O–H groups in total. The van der Waals surface area contributed by atoms with Crippen molar-refractivity contribution in [3.8, 4) is 0 Å². The second-order valence-electron chi connectivity index (χ2n) is 15.4. The summed E-state index contributed by atoms with van der Waals surface area (Å²) in [6, 6.07) is 17.7. The Morgan fingerprint density at radius 3 is 1.10 bits per heavy atom. The van der Waals surface area contributed by atoms with Gasteiger partial charge in [-0.25, -0.2) is 44.4 Å². The number of hydrogen-bond donors (Lipinski definition) is 5. The quantitative estimate of drug-likeness (QED) is 0.0603. The highest BCUT2D eigenvalue weighted by Crippen LogP contribution is 2.20. The van der Waals surface area contributed by atoms with Crippen LogP contribution in [0.25, 0.3) is 27.6 Å². The Balaban J connectivity index is -0.0000000399. The van der Waals surface area contributed by atoms with Crippen molar-refractivity contribution < 1.29 is 0 Å². The maximum Gasteiger partial charge on any atom is 0.226 e. The summed E-state index contributed by atoms with van der Waals surface area (Å²) < 4.78 is 1.83. The molecule has 8 aromatic rings. The van der Waals surface area contributed by atoms with E-state index in [1.807, 2.05) is 295 Å². The van der Waals surface area contributed by atoms with Crippen LogP contribution < -0.4 is 26.6 Å². The number of benzene rings is 1. The van der Waals surface area contributed by atoms with E-state index in [2.05, 4.69) is 121 Å². The van der Waals surface area contributed by atoms with Gasteiger partial charge in [-0.2, -0.15) is 15.1 Å². The smallest absolute Gasteiger partial charge is 0.226 e. The van der Waals surface area contributed by atoms with Crippen molar-refractivity contribution in [2.45, 2.75) is 339 Å². The zero-order valence-corrected chi connectivity index (χ0v) is 72.2. The monoisotopic (exact) mass is 1470 g/mol. The van der Waals surface area contributed by atoms with Crippen LogP contribution in [-0.4, -0.2) is 139 Å². The minimum Gasteiger partial charge on any atom is -0.370 e. The Bertz CT molecular complexity index is 2620. The molecule has 0 aliphatic carbocycles. The van der Waals surface area contributed by atoms with Crippen LogP contribution >= 0.6 is 0 Å². The van der Waals surface area contributed by atoms with E-state index < -0.39 is 0 Å². The molecule has 0 saturated heterocycles. The van der Waals surface area contributed by atoms with E-state index in [9.17, 15) is 0 Å². The second-order valence-corrected chi connectivity index (χ2v) is 15.4. The standard InChI is InChI=1S/C12H15N3.C11H14N4.C10H14N4.C8H14N4.C8H13N3.14C2H6.5CH4.5B/c1-3-8-13-12-10-6-4-5-7-11(10)14-9(2)15-12;1-3-6-13-11-10-9(5-4-7-12-10)14-8(2)15-11;1-3-5-11-9-7-8(2)14-10(13-9)4-6-12-14;1-4-5-9-8-11-6(2)10-7(3)12-8;1-3-5-9-8-10-6-4-7(2)11-8;14*1-2;;;;;;;;;;/h4-7H,3,8H2,1-2H3,(H,13,14,15);4-5,7H,3,6H2,1-2H3,(H,13,14,15);4,6-7H,3,5H2,1-2H3,(H,11,13);4-5H2,1-3H3,(H,9,10,11,12);4,6H,3,5H2,1-2H3,(H,9,10,11);14*1-2H3;5*1H4;;;;;. The SMILES string of the molecule is C.C.C.C.C.CC.CC.CC.CC.CC.CC.CC.CC.CC.CC.CC.CC.CC.CC.CCCNc1cc(C)n2nccc2n1.CCCNc1nc(C)nc(C)n1.CCCNc1nc(C)nc2ccccc12.CCCNc1nc(C)nc2cccnc12.CCCNc1nccc(C)n1.[B].[B].[B].[B].[B]. The van der Waals surface area contributed by atoms with Gasteiger partial charge in [0.15, 0.2) is 11.5 Å². The van der Waals surface area contributed by atoms with Crippen LogP contribution in [0.15, 0.2) is 73.2 Å². The van der Waals surface area contributed by atoms with Gasteiger partial charge in [0.25, 0.3) is 0 Å². The maximum atomic E-state index is 4.42. The molecule has 607 valence electrons. The highest BCUT2D eigenvalue weighted by Gasteiger charge is 2.06. The summed E-state index contributed by atoms with van der Waals surface area (Å²) >= 11 is 0. The van der Waals surface area contributed by atoms with Crippen LogP contribution in [0.3, 0.4) is 0 Å². The molecular weight excluding hydrogens is 1290 g/mol. The van der Waals surface area contributed by atoms with E-state index >= 15 is 0 Å². The zero-order valence-electron chi connectivity index (χ0n) is 72.2. The van der Waals surface area contributed by atoms with Gasteiger partial charge in [0, 0.05) is 116 Å². The lowest BCUT2D eigenvalue weighted by atomic mass is 10.2. The van der Waals surface area contributed by atoms with Gasteiger partial charge in [-0.05, 0) is 104 Å². The van der Waals surface area contributed by atoms with E-state index in [-0.39, 0.29) is 79.2 Å². The number of para-hydroxylation sites is 1. The number of nitrogens with one attached hydrogen (secondary N) is 5. The Labute approximate surface area is 666 Å². The third kappa shape index (κ3) is 82.6. The summed E-state index contributed by atoms with van der Waals surface area (Å²) in [5.74, 6) is 7.23. The van der Waals surface area contributed by atoms with E-state index in [1.54, 1.807) is 18.6 Å². The molecule has 1 aromatic carbocycles. The number of anilines is 5. The number of hydrogen-bond acceptors (Lipinski definition) is 17. The Hall–Kier alpha value is -6.92. The average molecular weight is 1470 g/mol. The lowest BCUT2D eigenvalue weighted by Crippen LogP contribution is -2.07. The number of fused-ring (bicyclic) bond motifs is 3. The van der Waals surface area contributed by atoms with Crippen molar-refractivity contribution >= 4 is 99.0 Å². The zero-order chi connectivity index (χ0) is 76.4. The molecule has 7 aromatic heterocycles. The topological polar surface area (TPSA) is 219 Å². The molecule has 23 heteroatoms. The second kappa shape index (κ2) is 130. The molecule has 18 nitrogen and oxygen atoms in total. The highest BCUT2D eigenvalue weighted by molar-refractivity contribution is 5.89. The molecule has 0 amide bonds. The van der Waals surface area contributed by atoms with E-state index in [0.29, 0.717) is 5.95 Å². The molecule has 0 fully saturated rings. The highest BCUT2D eigenvalue weighted by atomic mass is 15.3. The van der Waals surface area contributed by atoms with Crippen LogP contribution in [0.4, 0.5) is 29.4 Å². The number of aryl methyl sites for hydroxylation is 6. The van der Waals surface area contributed by atoms with Gasteiger partial charge in [0.1, 0.15) is 40.5 Å². The van der Waals surface area contributed by atoms with Gasteiger partial charge in [-0.15, -0.1) is 0 Å². The summed E-state index contributed by atoms with van der Waals surface area (Å²) in [7, 11) is 0. The molecule has 105 heavy (non-hydrogen) atoms. The molecule has 15 radical (unpaired) electrons. The van der Waals surface area contributed by atoms with Crippen molar-refractivity contribution in [2.75, 3.05) is 59.3 Å². The Morgan fingerprint density at radius 1 is 0.314 bits per heavy atom. The number of rotatable bonds is 15. The van der Waals surface area contributed by atoms with Crippen molar-refractivity contribution in [2.24, 2.45) is 0 Å². The molecule has 8 rings (SSSR count). The summed E-state index contributed by atoms with van der Waals surface area (Å²) in [6.45, 7) is 82.8. The molecule has 0 bridgehead atoms. The van der Waals surface area contributed by atoms with Gasteiger partial charge in [0.05, 0.1) is 17.2 Å². The average Bonchev–Trinajstić information content (AvgIpc) is 1.44. The maximum absolute atomic E-state index is 4.42. The van der Waals surface area contributed by atoms with Gasteiger partial charge >= 0.3 is 0 Å². The third-order valence-electron chi connectivity index (χ3n) is 9.18. The molecule has 0 saturated carbocycles. The third-order valence-corrected chi connectivity index (χ3v) is 9.18. The Kier molecular flexibility index (Phi) is 192. The first kappa shape index (κ1) is 156. The van der Waals surface area contributed by atoms with Gasteiger partial charge in [-0.3, -0.25) is 4.98 Å². The van der Waals surface area contributed by atoms with E-state index in [4.69, 9.17) is 0 Å². The van der Waals surface area contributed by atoms with Crippen LogP contribution in [-0.2, 0) is 0 Å². The lowest BCUT2D eigenvalue weighted by Gasteiger charge is -2.08. The normalized spacial score (nSPS) is 7.38. The lowest BCUT2D eigenvalue weighted by molar-refractivity contribution is 0.889. The fourth-order valence-corrected chi connectivity index (χ4v) is 6.13. The first-order valence-corrected chi connectivity index (χ1v) is 37.3. The summed E-state index contributed by atoms with van der Waals surface area (Å²) in [6.07, 6.45) is 10.7. The van der Waals surface area contributed by atoms with Crippen LogP contribution in [0.1, 0.15) is 332 Å². The molecule has 0 atom stereocenters. The molecular formula is C82H174B5N18. The van der Waals surface area contributed by atoms with Crippen molar-refractivity contribution in [1.29, 1.82) is 0 Å². The van der Waals surface area contributed by atoms with Crippen LogP contribution in [0.5, 0.6) is 0 Å². The fraction of sp³-hybridized carbons (Fsp3) is 0.659. The van der Waals surface area contributed by atoms with E-state index in [1.165, 1.54) is 0 Å². The van der Waals surface area contributed by atoms with Gasteiger partial charge in [-0.1, -0.05) is 278 Å². The molecule has 7 heterocycles. The molecule has 0 aliphatic rings. The predicted molar refractivity (Wildman–Crippen MR) is 495 cm³/mol. The van der Waals surface area contributed by atoms with Crippen LogP contribution in [0.2, 0.25) is 0 Å². The first-order chi connectivity index (χ1) is 46.5. The number of nitrogens with zero attached hydrogens (tertiary/aromatic N) is 13. The Morgan fingerprint density at radius 2 is 0.676 bits per heavy atom. The minimum absolute atomic E-state index is 0. The summed E-state index contributed by atoms with van der Waals surface area (Å²) in [5.41, 5.74) is 5.73. The largest absolute Gasteiger partial charge is 0.370 e. The molecule has 0 unspecified atom stereocenters. The molecule has 0 spiro atoms. The fourth-order valence-electron chi connectivity index (χ4n) is 6.13. The van der Waals surface area contributed by atoms with Crippen molar-refractivity contribution in [1.82, 2.24) is 64.4 Å². The minimum atomic E-state index is 0. The first-order valence-electron chi connectivity index (χ1n) is 37.3.